The number of nitrogens with zero attached hydrogens (tertiary/aromatic N) is 3. The van der Waals surface area contributed by atoms with Crippen LogP contribution >= 0.6 is 0 Å². The van der Waals surface area contributed by atoms with E-state index in [1.807, 2.05) is 33.2 Å². The van der Waals surface area contributed by atoms with E-state index in [1.165, 1.54) is 21.9 Å². The number of fused-ring (bicyclic) bond motifs is 1. The standard InChI is InChI=1S/C37H39N5O2/c1-23-7-8-30(18-23)34-38-22-32(40-34)29-16-15-27-19-26(13-14-28(27)20-29)24-9-11-25(12-10-24)31-21-39-35(41-31)33-6-5-17-42(33)36(43)44-37(2,3)4/h9-16,18-22,30,33H,5-8,17H2,1-4H3,(H,38,40)(H,39,41)/t30-,33-/m0/s1. The fourth-order valence-corrected chi connectivity index (χ4v) is 6.46. The quantitative estimate of drug-likeness (QED) is 0.201. The molecule has 7 rings (SSSR count). The summed E-state index contributed by atoms with van der Waals surface area (Å²) >= 11 is 0. The van der Waals surface area contributed by atoms with Crippen LogP contribution in [0.3, 0.4) is 0 Å². The van der Waals surface area contributed by atoms with Crippen LogP contribution in [0.25, 0.3) is 44.4 Å². The van der Waals surface area contributed by atoms with Gasteiger partial charge < -0.3 is 14.7 Å². The summed E-state index contributed by atoms with van der Waals surface area (Å²) in [6.07, 6.45) is 9.97. The average Bonchev–Trinajstić information content (AvgIpc) is 3.82. The molecule has 1 saturated heterocycles. The van der Waals surface area contributed by atoms with Gasteiger partial charge in [-0.2, -0.15) is 0 Å². The van der Waals surface area contributed by atoms with Crippen molar-refractivity contribution in [2.45, 2.75) is 70.9 Å². The lowest BCUT2D eigenvalue weighted by Gasteiger charge is -2.27. The number of aromatic nitrogens is 4. The Bertz CT molecular complexity index is 1860. The molecule has 2 N–H and O–H groups in total. The Morgan fingerprint density at radius 1 is 0.818 bits per heavy atom. The first-order valence-electron chi connectivity index (χ1n) is 15.6. The lowest BCUT2D eigenvalue weighted by molar-refractivity contribution is 0.0218. The van der Waals surface area contributed by atoms with Gasteiger partial charge in [0.2, 0.25) is 0 Å². The highest BCUT2D eigenvalue weighted by molar-refractivity contribution is 5.90. The molecule has 1 aliphatic heterocycles. The van der Waals surface area contributed by atoms with E-state index in [4.69, 9.17) is 4.74 Å². The van der Waals surface area contributed by atoms with Crippen molar-refractivity contribution in [1.29, 1.82) is 0 Å². The van der Waals surface area contributed by atoms with E-state index in [9.17, 15) is 4.79 Å². The van der Waals surface area contributed by atoms with Gasteiger partial charge in [0.1, 0.15) is 17.2 Å². The van der Waals surface area contributed by atoms with Gasteiger partial charge in [-0.1, -0.05) is 60.2 Å². The minimum absolute atomic E-state index is 0.0972. The molecule has 3 aromatic carbocycles. The van der Waals surface area contributed by atoms with Gasteiger partial charge in [-0.25, -0.2) is 14.8 Å². The van der Waals surface area contributed by atoms with Gasteiger partial charge in [0.25, 0.3) is 0 Å². The molecule has 5 aromatic rings. The number of carbonyl (C=O) groups excluding carboxylic acids is 1. The number of imidazole rings is 2. The molecular weight excluding hydrogens is 546 g/mol. The van der Waals surface area contributed by atoms with Crippen LogP contribution in [-0.4, -0.2) is 43.1 Å². The molecule has 2 atom stereocenters. The Hall–Kier alpha value is -4.65. The number of nitrogens with one attached hydrogen (secondary N) is 2. The van der Waals surface area contributed by atoms with E-state index in [-0.39, 0.29) is 12.1 Å². The lowest BCUT2D eigenvalue weighted by Crippen LogP contribution is -2.36. The van der Waals surface area contributed by atoms with E-state index >= 15 is 0 Å². The number of hydrogen-bond donors (Lipinski definition) is 2. The zero-order valence-electron chi connectivity index (χ0n) is 25.9. The van der Waals surface area contributed by atoms with Gasteiger partial charge in [-0.3, -0.25) is 4.90 Å². The molecule has 1 aliphatic carbocycles. The Balaban J connectivity index is 1.06. The number of allylic oxidation sites excluding steroid dienone is 2. The summed E-state index contributed by atoms with van der Waals surface area (Å²) < 4.78 is 5.63. The van der Waals surface area contributed by atoms with Crippen molar-refractivity contribution < 1.29 is 9.53 Å². The fourth-order valence-electron chi connectivity index (χ4n) is 6.46. The molecule has 2 aliphatic rings. The molecule has 2 aromatic heterocycles. The number of H-pyrrole nitrogens is 2. The largest absolute Gasteiger partial charge is 0.444 e. The molecule has 0 unspecified atom stereocenters. The average molecular weight is 586 g/mol. The lowest BCUT2D eigenvalue weighted by atomic mass is 9.98. The van der Waals surface area contributed by atoms with Crippen molar-refractivity contribution in [1.82, 2.24) is 24.8 Å². The molecule has 7 nitrogen and oxygen atoms in total. The van der Waals surface area contributed by atoms with Gasteiger partial charge in [0.15, 0.2) is 0 Å². The zero-order valence-corrected chi connectivity index (χ0v) is 25.9. The normalized spacial score (nSPS) is 18.6. The highest BCUT2D eigenvalue weighted by atomic mass is 16.6. The van der Waals surface area contributed by atoms with Crippen LogP contribution in [0.5, 0.6) is 0 Å². The van der Waals surface area contributed by atoms with Crippen molar-refractivity contribution in [3.8, 4) is 33.6 Å². The number of likely N-dealkylation sites (tertiary alicyclic amines) is 1. The molecule has 44 heavy (non-hydrogen) atoms. The maximum Gasteiger partial charge on any atom is 0.410 e. The fraction of sp³-hybridized carbons (Fsp3) is 0.324. The van der Waals surface area contributed by atoms with Crippen LogP contribution in [0.2, 0.25) is 0 Å². The number of rotatable bonds is 5. The maximum atomic E-state index is 12.8. The summed E-state index contributed by atoms with van der Waals surface area (Å²) in [5.41, 5.74) is 7.47. The zero-order chi connectivity index (χ0) is 30.4. The van der Waals surface area contributed by atoms with Gasteiger partial charge in [-0.05, 0) is 93.0 Å². The highest BCUT2D eigenvalue weighted by Gasteiger charge is 2.34. The number of amides is 1. The molecule has 1 amide bonds. The van der Waals surface area contributed by atoms with E-state index in [1.54, 1.807) is 4.90 Å². The predicted molar refractivity (Wildman–Crippen MR) is 175 cm³/mol. The third-order valence-corrected chi connectivity index (χ3v) is 8.75. The summed E-state index contributed by atoms with van der Waals surface area (Å²) in [6.45, 7) is 8.56. The first-order valence-corrected chi connectivity index (χ1v) is 15.6. The molecular formula is C37H39N5O2. The minimum atomic E-state index is -0.523. The number of benzene rings is 3. The monoisotopic (exact) mass is 585 g/mol. The molecule has 3 heterocycles. The van der Waals surface area contributed by atoms with Gasteiger partial charge >= 0.3 is 6.09 Å². The first-order chi connectivity index (χ1) is 21.2. The molecule has 0 saturated carbocycles. The predicted octanol–water partition coefficient (Wildman–Crippen LogP) is 9.18. The number of carbonyl (C=O) groups is 1. The molecule has 1 fully saturated rings. The minimum Gasteiger partial charge on any atom is -0.444 e. The SMILES string of the molecule is CC1=C[C@@H](c2ncc(-c3ccc4cc(-c5ccc(-c6cnc([C@@H]7CCCN7C(=O)OC(C)(C)C)[nH]6)cc5)ccc4c3)[nH]2)CC1. The van der Waals surface area contributed by atoms with Gasteiger partial charge in [0, 0.05) is 18.0 Å². The molecule has 0 radical (unpaired) electrons. The van der Waals surface area contributed by atoms with Crippen molar-refractivity contribution in [3.63, 3.8) is 0 Å². The summed E-state index contributed by atoms with van der Waals surface area (Å²) in [7, 11) is 0. The molecule has 0 spiro atoms. The Morgan fingerprint density at radius 2 is 1.43 bits per heavy atom. The highest BCUT2D eigenvalue weighted by Crippen LogP contribution is 2.35. The van der Waals surface area contributed by atoms with Crippen LogP contribution in [0.1, 0.15) is 77.0 Å². The van der Waals surface area contributed by atoms with E-state index in [0.29, 0.717) is 12.5 Å². The summed E-state index contributed by atoms with van der Waals surface area (Å²) in [6, 6.07) is 21.7. The first kappa shape index (κ1) is 28.1. The van der Waals surface area contributed by atoms with Crippen molar-refractivity contribution in [3.05, 3.63) is 96.4 Å². The van der Waals surface area contributed by atoms with Crippen molar-refractivity contribution >= 4 is 16.9 Å². The van der Waals surface area contributed by atoms with Gasteiger partial charge in [0.05, 0.1) is 29.8 Å². The van der Waals surface area contributed by atoms with E-state index < -0.39 is 5.60 Å². The van der Waals surface area contributed by atoms with Crippen molar-refractivity contribution in [2.24, 2.45) is 0 Å². The van der Waals surface area contributed by atoms with E-state index in [0.717, 1.165) is 65.4 Å². The third-order valence-electron chi connectivity index (χ3n) is 8.75. The van der Waals surface area contributed by atoms with Crippen LogP contribution < -0.4 is 0 Å². The van der Waals surface area contributed by atoms with Crippen LogP contribution in [0.15, 0.2) is 84.7 Å². The van der Waals surface area contributed by atoms with Gasteiger partial charge in [-0.15, -0.1) is 0 Å². The Labute approximate surface area is 258 Å². The maximum absolute atomic E-state index is 12.8. The second kappa shape index (κ2) is 11.1. The number of aromatic amines is 2. The Morgan fingerprint density at radius 3 is 2.14 bits per heavy atom. The topological polar surface area (TPSA) is 86.9 Å². The summed E-state index contributed by atoms with van der Waals surface area (Å²) in [4.78, 5) is 30.9. The smallest absolute Gasteiger partial charge is 0.410 e. The van der Waals surface area contributed by atoms with Crippen LogP contribution in [0.4, 0.5) is 4.79 Å². The Kier molecular flexibility index (Phi) is 7.11. The molecule has 7 heteroatoms. The summed E-state index contributed by atoms with van der Waals surface area (Å²) in [5, 5.41) is 2.40. The van der Waals surface area contributed by atoms with Crippen LogP contribution in [-0.2, 0) is 4.74 Å². The summed E-state index contributed by atoms with van der Waals surface area (Å²) in [5.74, 6) is 2.26. The second-order valence-electron chi connectivity index (χ2n) is 13.2. The van der Waals surface area contributed by atoms with Crippen LogP contribution in [0, 0.1) is 0 Å². The molecule has 224 valence electrons. The number of ether oxygens (including phenoxy) is 1. The van der Waals surface area contributed by atoms with Crippen molar-refractivity contribution in [2.75, 3.05) is 6.54 Å². The van der Waals surface area contributed by atoms with E-state index in [2.05, 4.69) is 93.6 Å². The number of hydrogen-bond acceptors (Lipinski definition) is 4. The third kappa shape index (κ3) is 5.66. The molecule has 0 bridgehead atoms. The second-order valence-corrected chi connectivity index (χ2v) is 13.2.